The normalized spacial score (nSPS) is 21.6. The van der Waals surface area contributed by atoms with Gasteiger partial charge in [0.2, 0.25) is 0 Å². The molecule has 2 unspecified atom stereocenters. The SMILES string of the molecule is CC(CC1CCCCN1)Nc1cc(F)ccc1F. The van der Waals surface area contributed by atoms with E-state index in [1.807, 2.05) is 6.92 Å². The molecule has 1 aliphatic heterocycles. The van der Waals surface area contributed by atoms with Gasteiger partial charge in [0, 0.05) is 12.1 Å². The number of rotatable bonds is 4. The number of benzene rings is 1. The third kappa shape index (κ3) is 3.67. The summed E-state index contributed by atoms with van der Waals surface area (Å²) in [5.41, 5.74) is 0.248. The van der Waals surface area contributed by atoms with Crippen LogP contribution >= 0.6 is 0 Å². The van der Waals surface area contributed by atoms with Gasteiger partial charge in [0.15, 0.2) is 0 Å². The highest BCUT2D eigenvalue weighted by molar-refractivity contribution is 5.45. The highest BCUT2D eigenvalue weighted by Gasteiger charge is 2.16. The summed E-state index contributed by atoms with van der Waals surface area (Å²) in [5, 5.41) is 6.50. The van der Waals surface area contributed by atoms with Gasteiger partial charge in [-0.2, -0.15) is 0 Å². The second-order valence-electron chi connectivity index (χ2n) is 5.05. The lowest BCUT2D eigenvalue weighted by Crippen LogP contribution is -2.37. The third-order valence-electron chi connectivity index (χ3n) is 3.38. The van der Waals surface area contributed by atoms with Crippen molar-refractivity contribution in [2.75, 3.05) is 11.9 Å². The van der Waals surface area contributed by atoms with Crippen LogP contribution in [0.3, 0.4) is 0 Å². The summed E-state index contributed by atoms with van der Waals surface area (Å²) in [6.45, 7) is 3.06. The van der Waals surface area contributed by atoms with Gasteiger partial charge in [0.1, 0.15) is 11.6 Å². The topological polar surface area (TPSA) is 24.1 Å². The van der Waals surface area contributed by atoms with Crippen LogP contribution in [0.25, 0.3) is 0 Å². The van der Waals surface area contributed by atoms with Crippen molar-refractivity contribution in [3.63, 3.8) is 0 Å². The molecule has 2 nitrogen and oxygen atoms in total. The van der Waals surface area contributed by atoms with E-state index in [0.717, 1.165) is 31.5 Å². The van der Waals surface area contributed by atoms with Crippen molar-refractivity contribution in [3.8, 4) is 0 Å². The molecule has 0 bridgehead atoms. The number of anilines is 1. The van der Waals surface area contributed by atoms with Crippen LogP contribution in [0.2, 0.25) is 0 Å². The fourth-order valence-electron chi connectivity index (χ4n) is 2.48. The van der Waals surface area contributed by atoms with E-state index in [9.17, 15) is 8.78 Å². The first-order valence-corrected chi connectivity index (χ1v) is 6.60. The number of hydrogen-bond acceptors (Lipinski definition) is 2. The van der Waals surface area contributed by atoms with E-state index < -0.39 is 11.6 Å². The Morgan fingerprint density at radius 1 is 1.39 bits per heavy atom. The number of hydrogen-bond donors (Lipinski definition) is 2. The maximum Gasteiger partial charge on any atom is 0.146 e. The minimum Gasteiger partial charge on any atom is -0.380 e. The number of halogens is 2. The van der Waals surface area contributed by atoms with E-state index >= 15 is 0 Å². The average molecular weight is 254 g/mol. The van der Waals surface area contributed by atoms with Crippen LogP contribution < -0.4 is 10.6 Å². The summed E-state index contributed by atoms with van der Waals surface area (Å²) in [4.78, 5) is 0. The molecule has 1 heterocycles. The van der Waals surface area contributed by atoms with Crippen molar-refractivity contribution in [2.24, 2.45) is 0 Å². The quantitative estimate of drug-likeness (QED) is 0.861. The molecule has 2 rings (SSSR count). The molecule has 0 radical (unpaired) electrons. The maximum absolute atomic E-state index is 13.5. The third-order valence-corrected chi connectivity index (χ3v) is 3.38. The standard InChI is InChI=1S/C14H20F2N2/c1-10(8-12-4-2-3-7-17-12)18-14-9-11(15)5-6-13(14)16/h5-6,9-10,12,17-18H,2-4,7-8H2,1H3. The first kappa shape index (κ1) is 13.3. The fraction of sp³-hybridized carbons (Fsp3) is 0.571. The zero-order valence-electron chi connectivity index (χ0n) is 10.7. The van der Waals surface area contributed by atoms with E-state index in [4.69, 9.17) is 0 Å². The van der Waals surface area contributed by atoms with E-state index in [0.29, 0.717) is 6.04 Å². The zero-order valence-corrected chi connectivity index (χ0v) is 10.7. The minimum absolute atomic E-state index is 0.122. The molecular weight excluding hydrogens is 234 g/mol. The summed E-state index contributed by atoms with van der Waals surface area (Å²) >= 11 is 0. The van der Waals surface area contributed by atoms with Gasteiger partial charge in [-0.3, -0.25) is 0 Å². The Labute approximate surface area is 107 Å². The molecule has 1 aromatic carbocycles. The van der Waals surface area contributed by atoms with E-state index in [-0.39, 0.29) is 11.7 Å². The molecule has 2 N–H and O–H groups in total. The molecule has 100 valence electrons. The summed E-state index contributed by atoms with van der Waals surface area (Å²) in [6.07, 6.45) is 4.57. The van der Waals surface area contributed by atoms with Gasteiger partial charge in [-0.05, 0) is 50.9 Å². The lowest BCUT2D eigenvalue weighted by Gasteiger charge is -2.27. The summed E-state index contributed by atoms with van der Waals surface area (Å²) in [7, 11) is 0. The van der Waals surface area contributed by atoms with Gasteiger partial charge < -0.3 is 10.6 Å². The highest BCUT2D eigenvalue weighted by atomic mass is 19.1. The second-order valence-corrected chi connectivity index (χ2v) is 5.05. The van der Waals surface area contributed by atoms with Crippen LogP contribution in [0.1, 0.15) is 32.6 Å². The summed E-state index contributed by atoms with van der Waals surface area (Å²) in [6, 6.07) is 4.10. The van der Waals surface area contributed by atoms with Gasteiger partial charge in [-0.15, -0.1) is 0 Å². The Bertz CT molecular complexity index is 389. The fourth-order valence-corrected chi connectivity index (χ4v) is 2.48. The van der Waals surface area contributed by atoms with Crippen molar-refractivity contribution >= 4 is 5.69 Å². The van der Waals surface area contributed by atoms with E-state index in [1.54, 1.807) is 0 Å². The molecule has 1 saturated heterocycles. The van der Waals surface area contributed by atoms with E-state index in [2.05, 4.69) is 10.6 Å². The molecule has 0 spiro atoms. The van der Waals surface area contributed by atoms with E-state index in [1.165, 1.54) is 18.9 Å². The van der Waals surface area contributed by atoms with Crippen LogP contribution in [0.5, 0.6) is 0 Å². The van der Waals surface area contributed by atoms with Crippen LogP contribution in [-0.2, 0) is 0 Å². The maximum atomic E-state index is 13.5. The molecule has 4 heteroatoms. The molecule has 1 fully saturated rings. The van der Waals surface area contributed by atoms with Gasteiger partial charge in [0.25, 0.3) is 0 Å². The Morgan fingerprint density at radius 3 is 2.94 bits per heavy atom. The smallest absolute Gasteiger partial charge is 0.146 e. The monoisotopic (exact) mass is 254 g/mol. The highest BCUT2D eigenvalue weighted by Crippen LogP contribution is 2.19. The Hall–Kier alpha value is -1.16. The molecule has 18 heavy (non-hydrogen) atoms. The minimum atomic E-state index is -0.415. The Balaban J connectivity index is 1.89. The van der Waals surface area contributed by atoms with Crippen LogP contribution in [0, 0.1) is 11.6 Å². The molecule has 0 aromatic heterocycles. The predicted molar refractivity (Wildman–Crippen MR) is 69.7 cm³/mol. The summed E-state index contributed by atoms with van der Waals surface area (Å²) < 4.78 is 26.5. The van der Waals surface area contributed by atoms with Gasteiger partial charge in [-0.1, -0.05) is 6.42 Å². The molecule has 0 aliphatic carbocycles. The average Bonchev–Trinajstić information content (AvgIpc) is 2.35. The summed E-state index contributed by atoms with van der Waals surface area (Å²) in [5.74, 6) is -0.818. The molecule has 0 saturated carbocycles. The number of piperidine rings is 1. The zero-order chi connectivity index (χ0) is 13.0. The molecule has 1 aromatic rings. The Kier molecular flexibility index (Phi) is 4.53. The molecular formula is C14H20F2N2. The van der Waals surface area contributed by atoms with Gasteiger partial charge >= 0.3 is 0 Å². The molecule has 0 amide bonds. The number of nitrogens with one attached hydrogen (secondary N) is 2. The van der Waals surface area contributed by atoms with Crippen molar-refractivity contribution in [1.29, 1.82) is 0 Å². The van der Waals surface area contributed by atoms with Crippen LogP contribution in [-0.4, -0.2) is 18.6 Å². The largest absolute Gasteiger partial charge is 0.380 e. The van der Waals surface area contributed by atoms with Crippen molar-refractivity contribution in [1.82, 2.24) is 5.32 Å². The second kappa shape index (κ2) is 6.14. The van der Waals surface area contributed by atoms with Crippen LogP contribution in [0.4, 0.5) is 14.5 Å². The Morgan fingerprint density at radius 2 is 2.22 bits per heavy atom. The molecule has 1 aliphatic rings. The van der Waals surface area contributed by atoms with Crippen molar-refractivity contribution < 1.29 is 8.78 Å². The first-order valence-electron chi connectivity index (χ1n) is 6.60. The first-order chi connectivity index (χ1) is 8.65. The van der Waals surface area contributed by atoms with Crippen molar-refractivity contribution in [2.45, 2.75) is 44.7 Å². The lowest BCUT2D eigenvalue weighted by molar-refractivity contribution is 0.371. The van der Waals surface area contributed by atoms with Gasteiger partial charge in [0.05, 0.1) is 5.69 Å². The predicted octanol–water partition coefficient (Wildman–Crippen LogP) is 3.30. The van der Waals surface area contributed by atoms with Gasteiger partial charge in [-0.25, -0.2) is 8.78 Å². The molecule has 2 atom stereocenters. The lowest BCUT2D eigenvalue weighted by atomic mass is 9.98. The van der Waals surface area contributed by atoms with Crippen molar-refractivity contribution in [3.05, 3.63) is 29.8 Å². The van der Waals surface area contributed by atoms with Crippen LogP contribution in [0.15, 0.2) is 18.2 Å².